The molecule has 170 valence electrons. The number of carbonyl (C=O) groups excluding carboxylic acids is 2. The van der Waals surface area contributed by atoms with E-state index in [1.54, 1.807) is 42.3 Å². The fraction of sp³-hybridized carbons (Fsp3) is 0.333. The third kappa shape index (κ3) is 2.88. The van der Waals surface area contributed by atoms with Crippen LogP contribution in [0.25, 0.3) is 0 Å². The zero-order chi connectivity index (χ0) is 22.7. The second kappa shape index (κ2) is 7.14. The first-order valence-corrected chi connectivity index (χ1v) is 10.6. The number of nitrogens with zero attached hydrogens (tertiary/aromatic N) is 1. The summed E-state index contributed by atoms with van der Waals surface area (Å²) >= 11 is 0. The van der Waals surface area contributed by atoms with Gasteiger partial charge in [0.05, 0.1) is 38.7 Å². The Balaban J connectivity index is 1.27. The number of nitrogens with one attached hydrogen (secondary N) is 1. The number of benzene rings is 2. The molecule has 4 aliphatic heterocycles. The Hall–Kier alpha value is -3.72. The van der Waals surface area contributed by atoms with E-state index < -0.39 is 23.5 Å². The highest BCUT2D eigenvalue weighted by Gasteiger charge is 2.67. The Kier molecular flexibility index (Phi) is 4.31. The van der Waals surface area contributed by atoms with Gasteiger partial charge < -0.3 is 33.9 Å². The maximum Gasteiger partial charge on any atom is 0.234 e. The molecule has 1 N–H and O–H groups in total. The number of anilines is 2. The Bertz CT molecular complexity index is 1200. The van der Waals surface area contributed by atoms with Crippen molar-refractivity contribution in [1.82, 2.24) is 0 Å². The van der Waals surface area contributed by atoms with Crippen molar-refractivity contribution in [2.75, 3.05) is 37.8 Å². The molecule has 0 aliphatic carbocycles. The average Bonchev–Trinajstić information content (AvgIpc) is 3.59. The van der Waals surface area contributed by atoms with E-state index in [0.29, 0.717) is 40.9 Å². The molecule has 4 aliphatic rings. The topological polar surface area (TPSA) is 95.6 Å². The summed E-state index contributed by atoms with van der Waals surface area (Å²) in [7, 11) is 3.08. The van der Waals surface area contributed by atoms with Gasteiger partial charge in [-0.1, -0.05) is 12.2 Å². The van der Waals surface area contributed by atoms with Gasteiger partial charge >= 0.3 is 0 Å². The number of fused-ring (bicyclic) bond motifs is 2. The largest absolute Gasteiger partial charge is 0.493 e. The third-order valence-corrected chi connectivity index (χ3v) is 6.72. The molecular formula is C24H22N2O7. The van der Waals surface area contributed by atoms with E-state index in [0.717, 1.165) is 0 Å². The van der Waals surface area contributed by atoms with Gasteiger partial charge in [0.15, 0.2) is 23.0 Å². The van der Waals surface area contributed by atoms with Gasteiger partial charge in [0.1, 0.15) is 5.60 Å². The highest BCUT2D eigenvalue weighted by molar-refractivity contribution is 6.05. The fourth-order valence-corrected chi connectivity index (χ4v) is 5.21. The maximum absolute atomic E-state index is 13.5. The average molecular weight is 450 g/mol. The van der Waals surface area contributed by atoms with Crippen LogP contribution in [0.1, 0.15) is 0 Å². The number of rotatable bonds is 5. The molecule has 0 unspecified atom stereocenters. The molecule has 2 fully saturated rings. The van der Waals surface area contributed by atoms with E-state index in [-0.39, 0.29) is 18.6 Å². The zero-order valence-corrected chi connectivity index (χ0v) is 18.1. The Labute approximate surface area is 189 Å². The van der Waals surface area contributed by atoms with Gasteiger partial charge in [0.25, 0.3) is 0 Å². The number of hydrogen-bond donors (Lipinski definition) is 1. The summed E-state index contributed by atoms with van der Waals surface area (Å²) in [5.74, 6) is 0.629. The molecule has 9 heteroatoms. The first-order valence-electron chi connectivity index (χ1n) is 10.6. The molecule has 1 spiro atoms. The molecule has 2 aromatic carbocycles. The smallest absolute Gasteiger partial charge is 0.234 e. The van der Waals surface area contributed by atoms with Gasteiger partial charge in [0.2, 0.25) is 18.6 Å². The monoisotopic (exact) mass is 450 g/mol. The first kappa shape index (κ1) is 19.9. The van der Waals surface area contributed by atoms with Crippen molar-refractivity contribution >= 4 is 23.2 Å². The lowest BCUT2D eigenvalue weighted by atomic mass is 9.77. The van der Waals surface area contributed by atoms with Gasteiger partial charge in [0, 0.05) is 23.5 Å². The summed E-state index contributed by atoms with van der Waals surface area (Å²) in [6.45, 7) is 0.495. The van der Waals surface area contributed by atoms with E-state index in [2.05, 4.69) is 5.32 Å². The molecule has 4 heterocycles. The number of methoxy groups -OCH3 is 2. The number of amides is 2. The van der Waals surface area contributed by atoms with Crippen molar-refractivity contribution in [2.45, 2.75) is 11.7 Å². The summed E-state index contributed by atoms with van der Waals surface area (Å²) in [6.07, 6.45) is 3.36. The predicted molar refractivity (Wildman–Crippen MR) is 117 cm³/mol. The normalized spacial score (nSPS) is 28.2. The Morgan fingerprint density at radius 1 is 1.09 bits per heavy atom. The van der Waals surface area contributed by atoms with Crippen LogP contribution in [0.4, 0.5) is 11.4 Å². The quantitative estimate of drug-likeness (QED) is 0.699. The number of carbonyl (C=O) groups is 2. The predicted octanol–water partition coefficient (Wildman–Crippen LogP) is 2.36. The molecule has 6 rings (SSSR count). The highest BCUT2D eigenvalue weighted by Crippen LogP contribution is 2.53. The van der Waals surface area contributed by atoms with Crippen molar-refractivity contribution < 1.29 is 33.3 Å². The minimum Gasteiger partial charge on any atom is -0.493 e. The van der Waals surface area contributed by atoms with Crippen molar-refractivity contribution in [3.63, 3.8) is 0 Å². The summed E-state index contributed by atoms with van der Waals surface area (Å²) < 4.78 is 27.6. The highest BCUT2D eigenvalue weighted by atomic mass is 16.7. The van der Waals surface area contributed by atoms with E-state index in [9.17, 15) is 9.59 Å². The number of hydrogen-bond acceptors (Lipinski definition) is 7. The van der Waals surface area contributed by atoms with Crippen LogP contribution in [0.5, 0.6) is 23.0 Å². The van der Waals surface area contributed by atoms with Gasteiger partial charge in [-0.15, -0.1) is 0 Å². The standard InChI is InChI=1S/C24H22N2O7/c1-29-15-5-3-13(9-18(15)30-2)25-22(27)20-17-7-8-24(33-17)11-26(23(28)21(20)24)14-4-6-16-19(10-14)32-12-31-16/h3-10,17,20-21H,11-12H2,1-2H3,(H,25,27)/t17-,20+,21+,24-/m0/s1. The third-order valence-electron chi connectivity index (χ3n) is 6.72. The SMILES string of the molecule is COc1ccc(NC(=O)[C@@H]2[C@@H]3C=C[C@@]4(CN(c5ccc6c(c5)OCO6)C(=O)[C@@H]24)O3)cc1OC. The zero-order valence-electron chi connectivity index (χ0n) is 18.1. The number of ether oxygens (including phenoxy) is 5. The molecule has 2 bridgehead atoms. The summed E-state index contributed by atoms with van der Waals surface area (Å²) in [6, 6.07) is 10.5. The molecular weight excluding hydrogens is 428 g/mol. The van der Waals surface area contributed by atoms with E-state index >= 15 is 0 Å². The van der Waals surface area contributed by atoms with Crippen LogP contribution >= 0.6 is 0 Å². The molecule has 0 radical (unpaired) electrons. The lowest BCUT2D eigenvalue weighted by molar-refractivity contribution is -0.128. The van der Waals surface area contributed by atoms with Crippen LogP contribution in [0.3, 0.4) is 0 Å². The van der Waals surface area contributed by atoms with Gasteiger partial charge in [-0.25, -0.2) is 0 Å². The van der Waals surface area contributed by atoms with Crippen LogP contribution in [-0.2, 0) is 14.3 Å². The van der Waals surface area contributed by atoms with Crippen LogP contribution in [0.2, 0.25) is 0 Å². The molecule has 2 saturated heterocycles. The molecule has 0 saturated carbocycles. The lowest BCUT2D eigenvalue weighted by Crippen LogP contribution is -2.41. The molecule has 4 atom stereocenters. The van der Waals surface area contributed by atoms with Gasteiger partial charge in [-0.2, -0.15) is 0 Å². The fourth-order valence-electron chi connectivity index (χ4n) is 5.21. The second-order valence-corrected chi connectivity index (χ2v) is 8.42. The van der Waals surface area contributed by atoms with Gasteiger partial charge in [-0.05, 0) is 24.3 Å². The molecule has 2 amide bonds. The molecule has 2 aromatic rings. The molecule has 0 aromatic heterocycles. The van der Waals surface area contributed by atoms with Crippen LogP contribution in [0, 0.1) is 11.8 Å². The maximum atomic E-state index is 13.5. The Morgan fingerprint density at radius 3 is 2.73 bits per heavy atom. The van der Waals surface area contributed by atoms with Crippen LogP contribution in [-0.4, -0.2) is 51.1 Å². The van der Waals surface area contributed by atoms with E-state index in [1.165, 1.54) is 7.11 Å². The van der Waals surface area contributed by atoms with Crippen molar-refractivity contribution in [2.24, 2.45) is 11.8 Å². The summed E-state index contributed by atoms with van der Waals surface area (Å²) in [5, 5.41) is 2.92. The molecule has 9 nitrogen and oxygen atoms in total. The van der Waals surface area contributed by atoms with Crippen LogP contribution < -0.4 is 29.2 Å². The first-order chi connectivity index (χ1) is 16.0. The minimum atomic E-state index is -0.822. The second-order valence-electron chi connectivity index (χ2n) is 8.42. The minimum absolute atomic E-state index is 0.145. The van der Waals surface area contributed by atoms with Crippen molar-refractivity contribution in [3.05, 3.63) is 48.6 Å². The van der Waals surface area contributed by atoms with Gasteiger partial charge in [-0.3, -0.25) is 9.59 Å². The Morgan fingerprint density at radius 2 is 1.91 bits per heavy atom. The van der Waals surface area contributed by atoms with Crippen molar-refractivity contribution in [3.8, 4) is 23.0 Å². The van der Waals surface area contributed by atoms with Crippen molar-refractivity contribution in [1.29, 1.82) is 0 Å². The summed E-state index contributed by atoms with van der Waals surface area (Å²) in [5.41, 5.74) is 0.418. The van der Waals surface area contributed by atoms with Crippen LogP contribution in [0.15, 0.2) is 48.6 Å². The lowest BCUT2D eigenvalue weighted by Gasteiger charge is -2.23. The van der Waals surface area contributed by atoms with E-state index in [4.69, 9.17) is 23.7 Å². The summed E-state index contributed by atoms with van der Waals surface area (Å²) in [4.78, 5) is 28.5. The van der Waals surface area contributed by atoms with E-state index in [1.807, 2.05) is 18.2 Å². The molecule has 33 heavy (non-hydrogen) atoms.